The van der Waals surface area contributed by atoms with Crippen LogP contribution in [0.2, 0.25) is 5.02 Å². The minimum absolute atomic E-state index is 0.0707. The lowest BCUT2D eigenvalue weighted by molar-refractivity contribution is -0.141. The van der Waals surface area contributed by atoms with Gasteiger partial charge in [0.1, 0.15) is 6.04 Å². The molecular weight excluding hydrogens is 558 g/mol. The lowest BCUT2D eigenvalue weighted by Gasteiger charge is -2.32. The van der Waals surface area contributed by atoms with E-state index in [1.54, 1.807) is 23.1 Å². The summed E-state index contributed by atoms with van der Waals surface area (Å²) in [6, 6.07) is 23.6. The van der Waals surface area contributed by atoms with Crippen molar-refractivity contribution in [3.05, 3.63) is 101 Å². The van der Waals surface area contributed by atoms with Crippen molar-refractivity contribution in [1.82, 2.24) is 10.2 Å². The monoisotopic (exact) mass is 597 g/mol. The second-order valence-electron chi connectivity index (χ2n) is 10.7. The third-order valence-electron chi connectivity index (χ3n) is 6.74. The molecule has 0 fully saturated rings. The number of hydrogen-bond acceptors (Lipinski definition) is 4. The molecule has 220 valence electrons. The number of sulfonamides is 1. The fraction of sp³-hybridized carbons (Fsp3) is 0.375. The number of halogens is 1. The Morgan fingerprint density at radius 3 is 2.12 bits per heavy atom. The average Bonchev–Trinajstić information content (AvgIpc) is 2.93. The van der Waals surface area contributed by atoms with E-state index < -0.39 is 16.1 Å². The Morgan fingerprint density at radius 2 is 1.54 bits per heavy atom. The van der Waals surface area contributed by atoms with Crippen molar-refractivity contribution in [1.29, 1.82) is 0 Å². The molecule has 0 unspecified atom stereocenters. The van der Waals surface area contributed by atoms with Crippen molar-refractivity contribution in [2.45, 2.75) is 52.6 Å². The third kappa shape index (κ3) is 9.90. The van der Waals surface area contributed by atoms with Gasteiger partial charge in [-0.1, -0.05) is 92.2 Å². The first-order chi connectivity index (χ1) is 19.5. The Morgan fingerprint density at radius 1 is 0.927 bits per heavy atom. The summed E-state index contributed by atoms with van der Waals surface area (Å²) in [6.07, 6.45) is 1.85. The zero-order valence-corrected chi connectivity index (χ0v) is 25.8. The van der Waals surface area contributed by atoms with Crippen LogP contribution in [0.15, 0.2) is 78.9 Å². The van der Waals surface area contributed by atoms with Gasteiger partial charge < -0.3 is 10.2 Å². The number of benzene rings is 3. The summed E-state index contributed by atoms with van der Waals surface area (Å²) >= 11 is 6.17. The zero-order valence-electron chi connectivity index (χ0n) is 24.2. The van der Waals surface area contributed by atoms with E-state index in [0.717, 1.165) is 22.9 Å². The molecule has 3 aromatic carbocycles. The van der Waals surface area contributed by atoms with E-state index in [0.29, 0.717) is 23.7 Å². The highest BCUT2D eigenvalue weighted by molar-refractivity contribution is 7.92. The van der Waals surface area contributed by atoms with E-state index in [1.807, 2.05) is 81.4 Å². The van der Waals surface area contributed by atoms with Gasteiger partial charge in [-0.2, -0.15) is 0 Å². The maximum Gasteiger partial charge on any atom is 0.243 e. The van der Waals surface area contributed by atoms with Crippen LogP contribution in [-0.2, 0) is 32.6 Å². The summed E-state index contributed by atoms with van der Waals surface area (Å²) < 4.78 is 26.7. The molecule has 3 rings (SSSR count). The van der Waals surface area contributed by atoms with Crippen molar-refractivity contribution in [3.8, 4) is 0 Å². The lowest BCUT2D eigenvalue weighted by Crippen LogP contribution is -2.51. The normalized spacial score (nSPS) is 12.1. The van der Waals surface area contributed by atoms with E-state index in [4.69, 9.17) is 11.6 Å². The zero-order chi connectivity index (χ0) is 30.0. The van der Waals surface area contributed by atoms with E-state index in [1.165, 1.54) is 4.31 Å². The Hall–Kier alpha value is -3.36. The highest BCUT2D eigenvalue weighted by Gasteiger charge is 2.30. The number of nitrogens with zero attached hydrogens (tertiary/aromatic N) is 2. The molecule has 0 radical (unpaired) electrons. The van der Waals surface area contributed by atoms with Crippen LogP contribution in [0.3, 0.4) is 0 Å². The number of carbonyl (C=O) groups excluding carboxylic acids is 2. The summed E-state index contributed by atoms with van der Waals surface area (Å²) in [5.41, 5.74) is 3.11. The molecule has 0 aliphatic carbocycles. The fourth-order valence-electron chi connectivity index (χ4n) is 4.59. The van der Waals surface area contributed by atoms with Gasteiger partial charge in [-0.05, 0) is 48.1 Å². The van der Waals surface area contributed by atoms with Crippen LogP contribution in [-0.4, -0.2) is 50.5 Å². The molecule has 0 bridgehead atoms. The molecule has 1 atom stereocenters. The van der Waals surface area contributed by atoms with Gasteiger partial charge in [0.2, 0.25) is 21.8 Å². The second-order valence-corrected chi connectivity index (χ2v) is 13.1. The Bertz CT molecular complexity index is 1400. The summed E-state index contributed by atoms with van der Waals surface area (Å²) in [4.78, 5) is 29.1. The number of rotatable bonds is 14. The Kier molecular flexibility index (Phi) is 11.8. The lowest BCUT2D eigenvalue weighted by atomic mass is 10.0. The Labute approximate surface area is 249 Å². The van der Waals surface area contributed by atoms with E-state index >= 15 is 0 Å². The first-order valence-electron chi connectivity index (χ1n) is 13.8. The molecule has 0 heterocycles. The highest BCUT2D eigenvalue weighted by Crippen LogP contribution is 2.27. The van der Waals surface area contributed by atoms with Crippen LogP contribution in [0.4, 0.5) is 5.69 Å². The minimum atomic E-state index is -3.62. The van der Waals surface area contributed by atoms with Crippen LogP contribution in [0.5, 0.6) is 0 Å². The molecule has 0 spiro atoms. The first-order valence-corrected chi connectivity index (χ1v) is 16.1. The molecule has 2 amide bonds. The van der Waals surface area contributed by atoms with Gasteiger partial charge in [-0.25, -0.2) is 8.42 Å². The van der Waals surface area contributed by atoms with Gasteiger partial charge in [0.05, 0.1) is 11.9 Å². The van der Waals surface area contributed by atoms with Crippen LogP contribution in [0, 0.1) is 12.8 Å². The topological polar surface area (TPSA) is 86.8 Å². The number of aryl methyl sites for hydroxylation is 1. The van der Waals surface area contributed by atoms with Crippen molar-refractivity contribution >= 4 is 39.1 Å². The average molecular weight is 598 g/mol. The fourth-order valence-corrected chi connectivity index (χ4v) is 5.77. The van der Waals surface area contributed by atoms with E-state index in [2.05, 4.69) is 5.32 Å². The summed E-state index contributed by atoms with van der Waals surface area (Å²) in [6.45, 7) is 6.73. The molecule has 0 saturated carbocycles. The number of carbonyl (C=O) groups is 2. The van der Waals surface area contributed by atoms with Crippen LogP contribution in [0.1, 0.15) is 43.4 Å². The molecule has 9 heteroatoms. The Balaban J connectivity index is 1.87. The highest BCUT2D eigenvalue weighted by atomic mass is 35.5. The SMILES string of the molecule is Cc1ccc(Cl)cc1N(CCCC(=O)N(Cc1ccccc1)[C@H](Cc1ccccc1)C(=O)NCC(C)C)S(C)(=O)=O. The summed E-state index contributed by atoms with van der Waals surface area (Å²) in [5.74, 6) is -0.170. The van der Waals surface area contributed by atoms with Gasteiger partial charge in [0.25, 0.3) is 0 Å². The van der Waals surface area contributed by atoms with Crippen LogP contribution < -0.4 is 9.62 Å². The number of anilines is 1. The second kappa shape index (κ2) is 15.0. The van der Waals surface area contributed by atoms with Crippen LogP contribution >= 0.6 is 11.6 Å². The molecule has 0 aromatic heterocycles. The molecule has 0 aliphatic rings. The van der Waals surface area contributed by atoms with Crippen LogP contribution in [0.25, 0.3) is 0 Å². The summed E-state index contributed by atoms with van der Waals surface area (Å²) in [7, 11) is -3.62. The van der Waals surface area contributed by atoms with Gasteiger partial charge in [-0.15, -0.1) is 0 Å². The van der Waals surface area contributed by atoms with Gasteiger partial charge in [0, 0.05) is 37.5 Å². The first kappa shape index (κ1) is 32.2. The standard InChI is InChI=1S/C32H40ClN3O4S/c1-24(2)22-34-32(38)30(20-26-12-7-5-8-13-26)35(23-27-14-9-6-10-15-27)31(37)16-11-19-36(41(4,39)40)29-21-28(33)18-17-25(29)3/h5-10,12-15,17-18,21,24,30H,11,16,19-20,22-23H2,1-4H3,(H,34,38)/t30-/m1/s1. The van der Waals surface area contributed by atoms with Gasteiger partial charge >= 0.3 is 0 Å². The molecule has 0 saturated heterocycles. The van der Waals surface area contributed by atoms with Crippen molar-refractivity contribution in [3.63, 3.8) is 0 Å². The van der Waals surface area contributed by atoms with E-state index in [-0.39, 0.29) is 43.7 Å². The van der Waals surface area contributed by atoms with Gasteiger partial charge in [-0.3, -0.25) is 13.9 Å². The van der Waals surface area contributed by atoms with Crippen molar-refractivity contribution in [2.24, 2.45) is 5.92 Å². The van der Waals surface area contributed by atoms with Gasteiger partial charge in [0.15, 0.2) is 0 Å². The maximum absolute atomic E-state index is 13.9. The molecular formula is C32H40ClN3O4S. The molecule has 41 heavy (non-hydrogen) atoms. The molecule has 3 aromatic rings. The molecule has 7 nitrogen and oxygen atoms in total. The number of amides is 2. The van der Waals surface area contributed by atoms with Crippen molar-refractivity contribution in [2.75, 3.05) is 23.7 Å². The smallest absolute Gasteiger partial charge is 0.243 e. The predicted molar refractivity (Wildman–Crippen MR) is 166 cm³/mol. The molecule has 1 N–H and O–H groups in total. The number of hydrogen-bond donors (Lipinski definition) is 1. The number of nitrogens with one attached hydrogen (secondary N) is 1. The summed E-state index contributed by atoms with van der Waals surface area (Å²) in [5, 5.41) is 3.45. The predicted octanol–water partition coefficient (Wildman–Crippen LogP) is 5.61. The van der Waals surface area contributed by atoms with E-state index in [9.17, 15) is 18.0 Å². The third-order valence-corrected chi connectivity index (χ3v) is 8.16. The maximum atomic E-state index is 13.9. The largest absolute Gasteiger partial charge is 0.354 e. The minimum Gasteiger partial charge on any atom is -0.354 e. The quantitative estimate of drug-likeness (QED) is 0.262. The molecule has 0 aliphatic heterocycles. The van der Waals surface area contributed by atoms with Crippen molar-refractivity contribution < 1.29 is 18.0 Å².